The number of hydrogen-bond acceptors (Lipinski definition) is 4. The lowest BCUT2D eigenvalue weighted by Gasteiger charge is -2.04. The Labute approximate surface area is 115 Å². The van der Waals surface area contributed by atoms with Gasteiger partial charge in [-0.25, -0.2) is 0 Å². The van der Waals surface area contributed by atoms with Crippen LogP contribution in [-0.4, -0.2) is 28.9 Å². The number of aryl methyl sites for hydroxylation is 1. The first-order valence-electron chi connectivity index (χ1n) is 6.62. The number of aldehydes is 1. The molecule has 0 fully saturated rings. The second-order valence-electron chi connectivity index (χ2n) is 3.96. The zero-order valence-electron chi connectivity index (χ0n) is 12.7. The molecule has 0 aliphatic heterocycles. The smallest absolute Gasteiger partial charge is 0.169 e. The number of hydrazone groups is 1. The molecule has 0 unspecified atom stereocenters. The molecule has 0 atom stereocenters. The summed E-state index contributed by atoms with van der Waals surface area (Å²) in [6.07, 6.45) is 0.794. The van der Waals surface area contributed by atoms with Gasteiger partial charge < -0.3 is 11.2 Å². The van der Waals surface area contributed by atoms with Crippen LogP contribution in [0, 0.1) is 0 Å². The molecule has 19 heavy (non-hydrogen) atoms. The zero-order valence-corrected chi connectivity index (χ0v) is 12.7. The summed E-state index contributed by atoms with van der Waals surface area (Å²) in [5, 5.41) is 8.31. The number of nitrogens with zero attached hydrogens (tertiary/aromatic N) is 3. The van der Waals surface area contributed by atoms with E-state index in [9.17, 15) is 4.79 Å². The Bertz CT molecular complexity index is 434. The molecule has 0 saturated heterocycles. The molecule has 0 aromatic carbocycles. The average molecular weight is 267 g/mol. The molecule has 1 rings (SSSR count). The van der Waals surface area contributed by atoms with E-state index in [1.54, 1.807) is 11.7 Å². The minimum atomic E-state index is 0.170. The van der Waals surface area contributed by atoms with Gasteiger partial charge in [-0.05, 0) is 12.8 Å². The third-order valence-corrected chi connectivity index (χ3v) is 2.46. The lowest BCUT2D eigenvalue weighted by Crippen LogP contribution is -2.22. The summed E-state index contributed by atoms with van der Waals surface area (Å²) in [6.45, 7) is 10.6. The van der Waals surface area contributed by atoms with E-state index in [-0.39, 0.29) is 11.8 Å². The molecule has 0 aliphatic rings. The van der Waals surface area contributed by atoms with Crippen molar-refractivity contribution in [3.63, 3.8) is 0 Å². The molecule has 0 bridgehead atoms. The number of carbonyl (C=O) groups is 1. The summed E-state index contributed by atoms with van der Waals surface area (Å²) in [5.41, 5.74) is 10.3. The standard InChI is InChI=1S/C11H19N5O.C2H6/c1-5-16-10(11(12)14-13-4)8(6-17)9(15-16)7(2)3;1-2/h6-7,13H,5H2,1-4H3,(H2,12,14);1-2H3. The van der Waals surface area contributed by atoms with Crippen molar-refractivity contribution in [2.24, 2.45) is 10.8 Å². The predicted molar refractivity (Wildman–Crippen MR) is 78.5 cm³/mol. The van der Waals surface area contributed by atoms with Crippen LogP contribution < -0.4 is 11.2 Å². The van der Waals surface area contributed by atoms with Crippen molar-refractivity contribution in [1.29, 1.82) is 0 Å². The molecule has 0 amide bonds. The molecule has 1 aromatic heterocycles. The maximum atomic E-state index is 11.2. The fraction of sp³-hybridized carbons (Fsp3) is 0.615. The Balaban J connectivity index is 0.00000154. The monoisotopic (exact) mass is 267 g/mol. The first-order chi connectivity index (χ1) is 9.06. The molecule has 1 aromatic rings. The van der Waals surface area contributed by atoms with E-state index in [0.29, 0.717) is 17.8 Å². The van der Waals surface area contributed by atoms with Gasteiger partial charge in [0.25, 0.3) is 0 Å². The molecular weight excluding hydrogens is 242 g/mol. The van der Waals surface area contributed by atoms with Crippen LogP contribution in [0.15, 0.2) is 5.10 Å². The van der Waals surface area contributed by atoms with Crippen LogP contribution in [0.25, 0.3) is 0 Å². The van der Waals surface area contributed by atoms with Crippen LogP contribution in [0.3, 0.4) is 0 Å². The Hall–Kier alpha value is -1.85. The van der Waals surface area contributed by atoms with Crippen molar-refractivity contribution in [3.8, 4) is 0 Å². The summed E-state index contributed by atoms with van der Waals surface area (Å²) in [5.74, 6) is 0.444. The van der Waals surface area contributed by atoms with Crippen molar-refractivity contribution in [3.05, 3.63) is 17.0 Å². The highest BCUT2D eigenvalue weighted by molar-refractivity contribution is 6.02. The van der Waals surface area contributed by atoms with Gasteiger partial charge in [-0.3, -0.25) is 9.48 Å². The maximum absolute atomic E-state index is 11.2. The summed E-state index contributed by atoms with van der Waals surface area (Å²) < 4.78 is 1.70. The van der Waals surface area contributed by atoms with Gasteiger partial charge in [0.05, 0.1) is 11.3 Å². The second kappa shape index (κ2) is 8.29. The van der Waals surface area contributed by atoms with Crippen LogP contribution in [0.2, 0.25) is 0 Å². The highest BCUT2D eigenvalue weighted by Gasteiger charge is 2.21. The number of hydrogen-bond donors (Lipinski definition) is 2. The van der Waals surface area contributed by atoms with Gasteiger partial charge in [-0.15, -0.1) is 0 Å². The molecule has 6 nitrogen and oxygen atoms in total. The lowest BCUT2D eigenvalue weighted by atomic mass is 10.0. The van der Waals surface area contributed by atoms with Crippen molar-refractivity contribution in [2.45, 2.75) is 47.1 Å². The van der Waals surface area contributed by atoms with E-state index in [0.717, 1.165) is 12.0 Å². The van der Waals surface area contributed by atoms with Gasteiger partial charge in [0, 0.05) is 13.6 Å². The first-order valence-corrected chi connectivity index (χ1v) is 6.62. The van der Waals surface area contributed by atoms with Gasteiger partial charge in [0.1, 0.15) is 5.69 Å². The Morgan fingerprint density at radius 3 is 2.47 bits per heavy atom. The van der Waals surface area contributed by atoms with E-state index in [1.807, 2.05) is 34.6 Å². The second-order valence-corrected chi connectivity index (χ2v) is 3.96. The molecule has 0 radical (unpaired) electrons. The topological polar surface area (TPSA) is 85.3 Å². The summed E-state index contributed by atoms with van der Waals surface area (Å²) >= 11 is 0. The molecular formula is C13H25N5O. The Kier molecular flexibility index (Phi) is 7.48. The third kappa shape index (κ3) is 3.81. The van der Waals surface area contributed by atoms with E-state index in [4.69, 9.17) is 5.73 Å². The molecule has 0 spiro atoms. The highest BCUT2D eigenvalue weighted by Crippen LogP contribution is 2.20. The number of aromatic nitrogens is 2. The van der Waals surface area contributed by atoms with Crippen molar-refractivity contribution in [1.82, 2.24) is 15.2 Å². The van der Waals surface area contributed by atoms with Crippen LogP contribution >= 0.6 is 0 Å². The SMILES string of the molecule is CC.CCn1nc(C(C)C)c(C=O)c1/C(N)=N\NC. The lowest BCUT2D eigenvalue weighted by molar-refractivity contribution is 0.112. The van der Waals surface area contributed by atoms with E-state index in [1.165, 1.54) is 0 Å². The van der Waals surface area contributed by atoms with Crippen LogP contribution in [-0.2, 0) is 6.54 Å². The first kappa shape index (κ1) is 17.2. The molecule has 108 valence electrons. The van der Waals surface area contributed by atoms with E-state index in [2.05, 4.69) is 15.6 Å². The van der Waals surface area contributed by atoms with Crippen LogP contribution in [0.5, 0.6) is 0 Å². The van der Waals surface area contributed by atoms with Gasteiger partial charge in [-0.1, -0.05) is 27.7 Å². The van der Waals surface area contributed by atoms with Crippen molar-refractivity contribution >= 4 is 12.1 Å². The van der Waals surface area contributed by atoms with Crippen LogP contribution in [0.4, 0.5) is 0 Å². The fourth-order valence-corrected chi connectivity index (χ4v) is 1.71. The molecule has 0 saturated carbocycles. The maximum Gasteiger partial charge on any atom is 0.169 e. The quantitative estimate of drug-likeness (QED) is 0.368. The Morgan fingerprint density at radius 2 is 2.11 bits per heavy atom. The third-order valence-electron chi connectivity index (χ3n) is 2.46. The van der Waals surface area contributed by atoms with Crippen LogP contribution in [0.1, 0.15) is 62.3 Å². The number of amidine groups is 1. The minimum Gasteiger partial charge on any atom is -0.380 e. The van der Waals surface area contributed by atoms with E-state index >= 15 is 0 Å². The van der Waals surface area contributed by atoms with Crippen molar-refractivity contribution < 1.29 is 4.79 Å². The fourth-order valence-electron chi connectivity index (χ4n) is 1.71. The molecule has 3 N–H and O–H groups in total. The number of rotatable bonds is 5. The molecule has 0 aliphatic carbocycles. The van der Waals surface area contributed by atoms with Crippen molar-refractivity contribution in [2.75, 3.05) is 7.05 Å². The summed E-state index contributed by atoms with van der Waals surface area (Å²) in [4.78, 5) is 11.2. The van der Waals surface area contributed by atoms with Gasteiger partial charge in [0.2, 0.25) is 0 Å². The Morgan fingerprint density at radius 1 is 1.53 bits per heavy atom. The number of nitrogens with one attached hydrogen (secondary N) is 1. The molecule has 6 heteroatoms. The van der Waals surface area contributed by atoms with Gasteiger partial charge >= 0.3 is 0 Å². The largest absolute Gasteiger partial charge is 0.380 e. The normalized spacial score (nSPS) is 11.0. The van der Waals surface area contributed by atoms with E-state index < -0.39 is 0 Å². The zero-order chi connectivity index (χ0) is 15.0. The number of nitrogens with two attached hydrogens (primary N) is 1. The van der Waals surface area contributed by atoms with Gasteiger partial charge in [0.15, 0.2) is 12.1 Å². The predicted octanol–water partition coefficient (Wildman–Crippen LogP) is 1.70. The summed E-state index contributed by atoms with van der Waals surface area (Å²) in [6, 6.07) is 0. The molecule has 1 heterocycles. The number of carbonyl (C=O) groups excluding carboxylic acids is 1. The highest BCUT2D eigenvalue weighted by atomic mass is 16.1. The average Bonchev–Trinajstić information content (AvgIpc) is 2.80. The summed E-state index contributed by atoms with van der Waals surface area (Å²) in [7, 11) is 1.66. The van der Waals surface area contributed by atoms with Gasteiger partial charge in [-0.2, -0.15) is 10.2 Å². The minimum absolute atomic E-state index is 0.170.